The molecule has 4 fully saturated rings. The summed E-state index contributed by atoms with van der Waals surface area (Å²) in [5.74, 6) is 2.89. The van der Waals surface area contributed by atoms with Gasteiger partial charge in [0.25, 0.3) is 0 Å². The maximum absolute atomic E-state index is 11.9. The van der Waals surface area contributed by atoms with Gasteiger partial charge in [-0.05, 0) is 80.5 Å². The third kappa shape index (κ3) is 9.88. The number of piperidine rings is 1. The van der Waals surface area contributed by atoms with Crippen LogP contribution in [0.25, 0.3) is 0 Å². The molecule has 3 aliphatic carbocycles. The van der Waals surface area contributed by atoms with E-state index in [-0.39, 0.29) is 112 Å². The minimum Gasteiger partial charge on any atom is -0.748 e. The van der Waals surface area contributed by atoms with Crippen LogP contribution >= 0.6 is 11.8 Å². The molecule has 5 aliphatic rings. The van der Waals surface area contributed by atoms with E-state index in [1.54, 1.807) is 4.68 Å². The van der Waals surface area contributed by atoms with Crippen LogP contribution in [0.4, 0.5) is 5.82 Å². The van der Waals surface area contributed by atoms with Crippen LogP contribution in [-0.4, -0.2) is 74.9 Å². The van der Waals surface area contributed by atoms with Gasteiger partial charge in [-0.15, -0.1) is 5.11 Å². The summed E-state index contributed by atoms with van der Waals surface area (Å²) >= 11 is 1.39. The Kier molecular flexibility index (Phi) is 15.3. The number of hydrogen-bond donors (Lipinski definition) is 3. The van der Waals surface area contributed by atoms with Gasteiger partial charge in [0.2, 0.25) is 0 Å². The first-order valence-electron chi connectivity index (χ1n) is 20.6. The molecule has 12 atom stereocenters. The summed E-state index contributed by atoms with van der Waals surface area (Å²) in [6.07, 6.45) is 5.03. The number of fused-ring (bicyclic) bond motifs is 1. The summed E-state index contributed by atoms with van der Waals surface area (Å²) in [6, 6.07) is 4.93. The van der Waals surface area contributed by atoms with Crippen LogP contribution in [0.2, 0.25) is 0 Å². The summed E-state index contributed by atoms with van der Waals surface area (Å²) in [6.45, 7) is 22.0. The van der Waals surface area contributed by atoms with Crippen LogP contribution < -0.4 is 67.3 Å². The van der Waals surface area contributed by atoms with E-state index in [0.29, 0.717) is 58.4 Å². The molecule has 304 valence electrons. The first-order chi connectivity index (χ1) is 25.8. The van der Waals surface area contributed by atoms with Gasteiger partial charge in [-0.1, -0.05) is 81.0 Å². The topological polar surface area (TPSA) is 196 Å². The number of rotatable bonds is 7. The van der Waals surface area contributed by atoms with Gasteiger partial charge in [0.1, 0.15) is 17.7 Å². The molecule has 6 rings (SSSR count). The molecule has 1 aromatic rings. The molecule has 3 heterocycles. The van der Waals surface area contributed by atoms with E-state index >= 15 is 0 Å². The molecule has 1 saturated heterocycles. The summed E-state index contributed by atoms with van der Waals surface area (Å²) in [5.41, 5.74) is 0.378. The number of aromatic nitrogens is 2. The van der Waals surface area contributed by atoms with Crippen LogP contribution in [0.3, 0.4) is 0 Å². The number of azo groups is 1. The first-order valence-corrected chi connectivity index (χ1v) is 23.0. The van der Waals surface area contributed by atoms with Gasteiger partial charge in [0.05, 0.1) is 51.4 Å². The minimum absolute atomic E-state index is 0. The average molecular weight is 835 g/mol. The molecule has 0 amide bonds. The van der Waals surface area contributed by atoms with Crippen LogP contribution in [-0.2, 0) is 15.5 Å². The van der Waals surface area contributed by atoms with Crippen molar-refractivity contribution in [3.63, 3.8) is 0 Å². The zero-order valence-corrected chi connectivity index (χ0v) is 40.1. The molecule has 56 heavy (non-hydrogen) atoms. The summed E-state index contributed by atoms with van der Waals surface area (Å²) < 4.78 is 37.4. The normalized spacial score (nSPS) is 40.6. The average Bonchev–Trinajstić information content (AvgIpc) is 3.68. The number of nitriles is 2. The zero-order valence-electron chi connectivity index (χ0n) is 35.4. The molecule has 12 unspecified atom stereocenters. The SMILES string of the molecule is CC1CC(C)C(NC2NC(NC3C(C)CC(C)CC3C)C(N=Nc3c(C#N)c(C(C)(C)C)nn3C3=NC4CCC(S(=O)(=O)[O-])CC4S3)C(C)C2C#N)C(C)C1.[K+]. The van der Waals surface area contributed by atoms with Crippen LogP contribution in [0, 0.1) is 70.0 Å². The van der Waals surface area contributed by atoms with Crippen molar-refractivity contribution < 1.29 is 64.4 Å². The van der Waals surface area contributed by atoms with E-state index in [9.17, 15) is 23.5 Å². The Morgan fingerprint density at radius 2 is 1.45 bits per heavy atom. The molecular formula is C40H63KN10O3S2. The Morgan fingerprint density at radius 3 is 1.95 bits per heavy atom. The molecule has 0 spiro atoms. The first kappa shape index (κ1) is 46.3. The summed E-state index contributed by atoms with van der Waals surface area (Å²) in [7, 11) is -4.41. The zero-order chi connectivity index (χ0) is 40.1. The van der Waals surface area contributed by atoms with Crippen LogP contribution in [0.5, 0.6) is 0 Å². The molecule has 13 nitrogen and oxygen atoms in total. The third-order valence-corrected chi connectivity index (χ3v) is 16.0. The minimum atomic E-state index is -4.41. The van der Waals surface area contributed by atoms with Crippen LogP contribution in [0.1, 0.15) is 125 Å². The molecule has 3 N–H and O–H groups in total. The van der Waals surface area contributed by atoms with Crippen molar-refractivity contribution >= 4 is 32.9 Å². The Hall–Kier alpha value is -0.764. The molecule has 0 bridgehead atoms. The molecule has 16 heteroatoms. The fourth-order valence-corrected chi connectivity index (χ4v) is 13.2. The van der Waals surface area contributed by atoms with Crippen molar-refractivity contribution in [2.75, 3.05) is 0 Å². The summed E-state index contributed by atoms with van der Waals surface area (Å²) in [4.78, 5) is 4.96. The fraction of sp³-hybridized carbons (Fsp3) is 0.850. The number of nitrogens with zero attached hydrogens (tertiary/aromatic N) is 7. The number of nitrogens with one attached hydrogen (secondary N) is 3. The predicted octanol–water partition coefficient (Wildman–Crippen LogP) is 3.65. The molecular weight excluding hydrogens is 772 g/mol. The number of aliphatic imine (C=N–C) groups is 1. The van der Waals surface area contributed by atoms with E-state index in [1.165, 1.54) is 11.8 Å². The second kappa shape index (κ2) is 18.5. The Bertz CT molecular complexity index is 1790. The van der Waals surface area contributed by atoms with E-state index in [4.69, 9.17) is 20.3 Å². The smallest absolute Gasteiger partial charge is 0.748 e. The van der Waals surface area contributed by atoms with Gasteiger partial charge in [-0.3, -0.25) is 20.9 Å². The molecule has 3 saturated carbocycles. The van der Waals surface area contributed by atoms with Gasteiger partial charge in [-0.2, -0.15) is 25.4 Å². The summed E-state index contributed by atoms with van der Waals surface area (Å²) in [5, 5.41) is 47.4. The van der Waals surface area contributed by atoms with Crippen molar-refractivity contribution in [1.29, 1.82) is 10.5 Å². The quantitative estimate of drug-likeness (QED) is 0.207. The van der Waals surface area contributed by atoms with Gasteiger partial charge in [0.15, 0.2) is 11.0 Å². The van der Waals surface area contributed by atoms with E-state index < -0.39 is 32.7 Å². The second-order valence-electron chi connectivity index (χ2n) is 19.2. The largest absolute Gasteiger partial charge is 1.00 e. The van der Waals surface area contributed by atoms with Gasteiger partial charge in [-0.25, -0.2) is 8.42 Å². The maximum atomic E-state index is 11.9. The monoisotopic (exact) mass is 834 g/mol. The van der Waals surface area contributed by atoms with Crippen molar-refractivity contribution in [1.82, 2.24) is 25.7 Å². The Morgan fingerprint density at radius 1 is 0.893 bits per heavy atom. The standard InChI is InChI=1S/C40H64N10O3S2.K/c1-20-13-22(3)32(23(4)14-20)44-36-28(18-41)26(7)34(37(46-36)45-33-24(5)15-21(2)16-25(33)6)47-48-38-29(19-42)35(40(8,9)10)49-50(38)39-43-30-12-11-27(55(51,52)53)17-31(30)54-39;/h20-28,30-34,36-37,44-46H,11-17H2,1-10H3,(H,51,52,53);/q;+1/p-1. The molecule has 2 aliphatic heterocycles. The molecule has 0 aromatic carbocycles. The number of hydrogen-bond acceptors (Lipinski definition) is 13. The molecule has 1 aromatic heterocycles. The van der Waals surface area contributed by atoms with Crippen molar-refractivity contribution in [2.24, 2.45) is 62.6 Å². The van der Waals surface area contributed by atoms with E-state index in [0.717, 1.165) is 25.7 Å². The van der Waals surface area contributed by atoms with Crippen molar-refractivity contribution in [3.05, 3.63) is 11.3 Å². The maximum Gasteiger partial charge on any atom is 1.00 e. The van der Waals surface area contributed by atoms with Crippen LogP contribution in [0.15, 0.2) is 15.2 Å². The van der Waals surface area contributed by atoms with Crippen molar-refractivity contribution in [2.45, 2.75) is 167 Å². The Balaban J connectivity index is 0.00000600. The van der Waals surface area contributed by atoms with Gasteiger partial charge >= 0.3 is 51.4 Å². The second-order valence-corrected chi connectivity index (χ2v) is 22.0. The van der Waals surface area contributed by atoms with E-state index in [1.807, 2.05) is 20.8 Å². The van der Waals surface area contributed by atoms with Gasteiger partial charge in [0, 0.05) is 28.7 Å². The third-order valence-electron chi connectivity index (χ3n) is 13.4. The van der Waals surface area contributed by atoms with E-state index in [2.05, 4.69) is 76.6 Å². The number of thioether (sulfide) groups is 1. The Labute approximate surface area is 382 Å². The predicted molar refractivity (Wildman–Crippen MR) is 216 cm³/mol. The van der Waals surface area contributed by atoms with Gasteiger partial charge < -0.3 is 4.55 Å². The molecule has 0 radical (unpaired) electrons. The van der Waals surface area contributed by atoms with Crippen molar-refractivity contribution in [3.8, 4) is 12.1 Å². The fourth-order valence-electron chi connectivity index (χ4n) is 10.8.